The van der Waals surface area contributed by atoms with Crippen LogP contribution in [0.5, 0.6) is 0 Å². The van der Waals surface area contributed by atoms with Gasteiger partial charge in [-0.15, -0.1) is 0 Å². The zero-order valence-electron chi connectivity index (χ0n) is 15.2. The molecule has 0 aromatic carbocycles. The molecular formula is C19H37N. The summed E-state index contributed by atoms with van der Waals surface area (Å²) in [6.07, 6.45) is 7.61. The van der Waals surface area contributed by atoms with Gasteiger partial charge in [0.25, 0.3) is 0 Å². The smallest absolute Gasteiger partial charge is 0.0357 e. The second-order valence-corrected chi connectivity index (χ2v) is 8.42. The summed E-state index contributed by atoms with van der Waals surface area (Å²) < 4.78 is 0. The van der Waals surface area contributed by atoms with Crippen LogP contribution in [0.3, 0.4) is 0 Å². The first-order chi connectivity index (χ1) is 9.13. The van der Waals surface area contributed by atoms with Crippen molar-refractivity contribution in [3.8, 4) is 0 Å². The van der Waals surface area contributed by atoms with Crippen molar-refractivity contribution in [3.05, 3.63) is 0 Å². The van der Waals surface area contributed by atoms with E-state index in [1.54, 1.807) is 0 Å². The van der Waals surface area contributed by atoms with E-state index >= 15 is 0 Å². The quantitative estimate of drug-likeness (QED) is 0.484. The molecule has 0 aliphatic heterocycles. The minimum absolute atomic E-state index is 0.331. The van der Waals surface area contributed by atoms with Gasteiger partial charge in [0, 0.05) is 18.2 Å². The molecule has 4 unspecified atom stereocenters. The first-order valence-corrected chi connectivity index (χ1v) is 8.64. The molecule has 0 bridgehead atoms. The van der Waals surface area contributed by atoms with Gasteiger partial charge in [-0.1, -0.05) is 61.3 Å². The summed E-state index contributed by atoms with van der Waals surface area (Å²) in [5, 5.41) is 0. The molecule has 1 aliphatic rings. The lowest BCUT2D eigenvalue weighted by Gasteiger charge is -2.26. The maximum atomic E-state index is 4.53. The van der Waals surface area contributed by atoms with Gasteiger partial charge in [-0.05, 0) is 42.4 Å². The van der Waals surface area contributed by atoms with E-state index in [2.05, 4.69) is 66.6 Å². The fourth-order valence-corrected chi connectivity index (χ4v) is 3.76. The molecule has 118 valence electrons. The van der Waals surface area contributed by atoms with Gasteiger partial charge in [-0.25, -0.2) is 0 Å². The van der Waals surface area contributed by atoms with Gasteiger partial charge < -0.3 is 0 Å². The van der Waals surface area contributed by atoms with E-state index in [1.165, 1.54) is 25.7 Å². The summed E-state index contributed by atoms with van der Waals surface area (Å²) in [7, 11) is 0. The van der Waals surface area contributed by atoms with Crippen LogP contribution in [0.25, 0.3) is 0 Å². The summed E-state index contributed by atoms with van der Waals surface area (Å²) in [5.41, 5.74) is 1.30. The van der Waals surface area contributed by atoms with E-state index in [9.17, 15) is 0 Å². The molecule has 0 amide bonds. The summed E-state index contributed by atoms with van der Waals surface area (Å²) in [4.78, 5) is 4.53. The van der Waals surface area contributed by atoms with Crippen LogP contribution in [0.15, 0.2) is 4.99 Å². The SMILES string of the molecule is CCN=CC1(C)C(C)C1(C)CC(C)CCC(C)(C)CC. The Morgan fingerprint density at radius 3 is 2.35 bits per heavy atom. The van der Waals surface area contributed by atoms with Crippen molar-refractivity contribution < 1.29 is 0 Å². The van der Waals surface area contributed by atoms with Gasteiger partial charge in [0.2, 0.25) is 0 Å². The van der Waals surface area contributed by atoms with E-state index in [0.717, 1.165) is 18.4 Å². The average molecular weight is 280 g/mol. The van der Waals surface area contributed by atoms with E-state index in [1.807, 2.05) is 0 Å². The van der Waals surface area contributed by atoms with Crippen LogP contribution >= 0.6 is 0 Å². The molecule has 0 radical (unpaired) electrons. The predicted octanol–water partition coefficient (Wildman–Crippen LogP) is 5.98. The van der Waals surface area contributed by atoms with Crippen LogP contribution in [-0.2, 0) is 0 Å². The predicted molar refractivity (Wildman–Crippen MR) is 91.5 cm³/mol. The van der Waals surface area contributed by atoms with Gasteiger partial charge in [0.05, 0.1) is 0 Å². The van der Waals surface area contributed by atoms with E-state index in [4.69, 9.17) is 0 Å². The number of hydrogen-bond donors (Lipinski definition) is 0. The number of rotatable bonds is 8. The molecule has 1 rings (SSSR count). The lowest BCUT2D eigenvalue weighted by Crippen LogP contribution is -2.16. The lowest BCUT2D eigenvalue weighted by molar-refractivity contribution is 0.258. The molecule has 4 atom stereocenters. The largest absolute Gasteiger partial charge is 0.297 e. The topological polar surface area (TPSA) is 12.4 Å². The van der Waals surface area contributed by atoms with Crippen molar-refractivity contribution in [2.45, 2.75) is 81.1 Å². The third-order valence-electron chi connectivity index (χ3n) is 6.59. The highest BCUT2D eigenvalue weighted by atomic mass is 14.8. The van der Waals surface area contributed by atoms with Gasteiger partial charge in [-0.3, -0.25) is 4.99 Å². The fraction of sp³-hybridized carbons (Fsp3) is 0.947. The second kappa shape index (κ2) is 6.20. The zero-order chi connectivity index (χ0) is 15.6. The Morgan fingerprint density at radius 1 is 1.25 bits per heavy atom. The van der Waals surface area contributed by atoms with E-state index < -0.39 is 0 Å². The Bertz CT molecular complexity index is 344. The van der Waals surface area contributed by atoms with Crippen molar-refractivity contribution in [1.29, 1.82) is 0 Å². The van der Waals surface area contributed by atoms with Crippen LogP contribution in [0, 0.1) is 28.1 Å². The molecule has 20 heavy (non-hydrogen) atoms. The molecule has 0 spiro atoms. The van der Waals surface area contributed by atoms with Gasteiger partial charge in [-0.2, -0.15) is 0 Å². The van der Waals surface area contributed by atoms with Crippen molar-refractivity contribution in [1.82, 2.24) is 0 Å². The average Bonchev–Trinajstić information content (AvgIpc) is 2.80. The number of hydrogen-bond acceptors (Lipinski definition) is 1. The molecule has 0 heterocycles. The van der Waals surface area contributed by atoms with Crippen LogP contribution in [0.1, 0.15) is 81.1 Å². The number of nitrogens with zero attached hydrogens (tertiary/aromatic N) is 1. The Hall–Kier alpha value is -0.330. The molecule has 1 nitrogen and oxygen atoms in total. The normalized spacial score (nSPS) is 35.5. The maximum Gasteiger partial charge on any atom is 0.0357 e. The van der Waals surface area contributed by atoms with Crippen LogP contribution in [0.4, 0.5) is 0 Å². The second-order valence-electron chi connectivity index (χ2n) is 8.42. The lowest BCUT2D eigenvalue weighted by atomic mass is 9.79. The molecular weight excluding hydrogens is 242 g/mol. The Kier molecular flexibility index (Phi) is 5.49. The number of aliphatic imine (C=N–C) groups is 1. The standard InChI is InChI=1S/C19H37N/c1-9-17(5,6)12-11-15(3)13-18(7)16(4)19(18,8)14-20-10-2/h14-16H,9-13H2,1-8H3. The fourth-order valence-electron chi connectivity index (χ4n) is 3.76. The van der Waals surface area contributed by atoms with Crippen molar-refractivity contribution >= 4 is 6.21 Å². The third kappa shape index (κ3) is 3.46. The van der Waals surface area contributed by atoms with E-state index in [0.29, 0.717) is 16.2 Å². The first kappa shape index (κ1) is 17.7. The van der Waals surface area contributed by atoms with Gasteiger partial charge >= 0.3 is 0 Å². The van der Waals surface area contributed by atoms with Crippen molar-refractivity contribution in [2.24, 2.45) is 33.1 Å². The van der Waals surface area contributed by atoms with Gasteiger partial charge in [0.15, 0.2) is 0 Å². The maximum absolute atomic E-state index is 4.53. The molecule has 0 saturated heterocycles. The minimum Gasteiger partial charge on any atom is -0.297 e. The van der Waals surface area contributed by atoms with E-state index in [-0.39, 0.29) is 0 Å². The highest BCUT2D eigenvalue weighted by molar-refractivity contribution is 5.72. The monoisotopic (exact) mass is 279 g/mol. The zero-order valence-corrected chi connectivity index (χ0v) is 15.2. The summed E-state index contributed by atoms with van der Waals surface area (Å²) in [6.45, 7) is 19.9. The molecule has 1 heteroatoms. The van der Waals surface area contributed by atoms with Crippen molar-refractivity contribution in [2.75, 3.05) is 6.54 Å². The van der Waals surface area contributed by atoms with Crippen LogP contribution in [0.2, 0.25) is 0 Å². The molecule has 1 fully saturated rings. The summed E-state index contributed by atoms with van der Waals surface area (Å²) in [6, 6.07) is 0. The summed E-state index contributed by atoms with van der Waals surface area (Å²) >= 11 is 0. The Balaban J connectivity index is 2.54. The van der Waals surface area contributed by atoms with Crippen molar-refractivity contribution in [3.63, 3.8) is 0 Å². The Morgan fingerprint density at radius 2 is 1.85 bits per heavy atom. The molecule has 1 saturated carbocycles. The van der Waals surface area contributed by atoms with Crippen LogP contribution < -0.4 is 0 Å². The molecule has 0 N–H and O–H groups in total. The highest BCUT2D eigenvalue weighted by Crippen LogP contribution is 2.70. The molecule has 0 aromatic rings. The molecule has 0 aromatic heterocycles. The highest BCUT2D eigenvalue weighted by Gasteiger charge is 2.67. The first-order valence-electron chi connectivity index (χ1n) is 8.64. The summed E-state index contributed by atoms with van der Waals surface area (Å²) in [5.74, 6) is 1.59. The third-order valence-corrected chi connectivity index (χ3v) is 6.59. The Labute approximate surface area is 127 Å². The van der Waals surface area contributed by atoms with Gasteiger partial charge in [0.1, 0.15) is 0 Å². The van der Waals surface area contributed by atoms with Crippen LogP contribution in [-0.4, -0.2) is 12.8 Å². The molecule has 1 aliphatic carbocycles. The minimum atomic E-state index is 0.331.